The van der Waals surface area contributed by atoms with Crippen molar-refractivity contribution in [1.29, 1.82) is 0 Å². The van der Waals surface area contributed by atoms with Crippen LogP contribution >= 0.6 is 0 Å². The molecule has 2 fully saturated rings. The molecule has 10 heteroatoms. The van der Waals surface area contributed by atoms with E-state index in [2.05, 4.69) is 25.9 Å². The molecule has 32 heavy (non-hydrogen) atoms. The Labute approximate surface area is 181 Å². The number of tetrazole rings is 1. The summed E-state index contributed by atoms with van der Waals surface area (Å²) in [6.45, 7) is 1.29. The number of nitrogens with zero attached hydrogens (tertiary/aromatic N) is 3. The molecule has 2 aliphatic rings. The van der Waals surface area contributed by atoms with Crippen LogP contribution in [0, 0.1) is 5.41 Å². The van der Waals surface area contributed by atoms with Gasteiger partial charge < -0.3 is 10.1 Å². The Morgan fingerprint density at radius 2 is 1.78 bits per heavy atom. The van der Waals surface area contributed by atoms with Gasteiger partial charge in [-0.15, -0.1) is 10.2 Å². The third-order valence-electron chi connectivity index (χ3n) is 6.53. The number of hydrogen-bond donors (Lipinski definition) is 2. The Kier molecular flexibility index (Phi) is 4.77. The Morgan fingerprint density at radius 1 is 1.03 bits per heavy atom. The number of alkyl halides is 3. The van der Waals surface area contributed by atoms with Crippen molar-refractivity contribution < 1.29 is 22.7 Å². The fraction of sp³-hybridized carbons (Fsp3) is 0.364. The highest BCUT2D eigenvalue weighted by molar-refractivity contribution is 5.79. The van der Waals surface area contributed by atoms with Crippen molar-refractivity contribution in [3.63, 3.8) is 0 Å². The Morgan fingerprint density at radius 3 is 2.44 bits per heavy atom. The van der Waals surface area contributed by atoms with Crippen LogP contribution in [0.2, 0.25) is 0 Å². The molecular weight excluding hydrogens is 423 g/mol. The van der Waals surface area contributed by atoms with Crippen LogP contribution in [-0.2, 0) is 15.1 Å². The van der Waals surface area contributed by atoms with Gasteiger partial charge in [0.15, 0.2) is 0 Å². The van der Waals surface area contributed by atoms with E-state index < -0.39 is 23.2 Å². The molecule has 7 nitrogen and oxygen atoms in total. The van der Waals surface area contributed by atoms with Crippen molar-refractivity contribution in [3.05, 3.63) is 54.1 Å². The van der Waals surface area contributed by atoms with Crippen molar-refractivity contribution in [3.8, 4) is 22.5 Å². The fourth-order valence-corrected chi connectivity index (χ4v) is 4.88. The molecule has 2 N–H and O–H groups in total. The molecule has 1 atom stereocenters. The summed E-state index contributed by atoms with van der Waals surface area (Å²) in [6, 6.07) is 14.9. The van der Waals surface area contributed by atoms with E-state index >= 15 is 0 Å². The van der Waals surface area contributed by atoms with Gasteiger partial charge in [-0.25, -0.2) is 4.79 Å². The average Bonchev–Trinajstić information content (AvgIpc) is 3.15. The second kappa shape index (κ2) is 7.40. The fourth-order valence-electron chi connectivity index (χ4n) is 4.88. The summed E-state index contributed by atoms with van der Waals surface area (Å²) >= 11 is 0. The molecule has 0 bridgehead atoms. The second-order valence-electron chi connectivity index (χ2n) is 8.28. The van der Waals surface area contributed by atoms with Gasteiger partial charge in [0.2, 0.25) is 5.82 Å². The number of aromatic nitrogens is 4. The van der Waals surface area contributed by atoms with Gasteiger partial charge >= 0.3 is 12.1 Å². The van der Waals surface area contributed by atoms with Crippen LogP contribution in [0.25, 0.3) is 22.5 Å². The molecular formula is C22H20F3N5O2. The lowest BCUT2D eigenvalue weighted by atomic mass is 9.84. The van der Waals surface area contributed by atoms with Gasteiger partial charge in [-0.3, -0.25) is 0 Å². The summed E-state index contributed by atoms with van der Waals surface area (Å²) in [6.07, 6.45) is -3.56. The van der Waals surface area contributed by atoms with Crippen molar-refractivity contribution in [2.24, 2.45) is 5.41 Å². The van der Waals surface area contributed by atoms with E-state index in [-0.39, 0.29) is 5.82 Å². The molecule has 1 saturated heterocycles. The van der Waals surface area contributed by atoms with E-state index in [1.807, 2.05) is 42.5 Å². The summed E-state index contributed by atoms with van der Waals surface area (Å²) < 4.78 is 44.9. The first-order valence-corrected chi connectivity index (χ1v) is 10.3. The number of H-pyrrole nitrogens is 1. The molecule has 1 aliphatic carbocycles. The highest BCUT2D eigenvalue weighted by atomic mass is 19.4. The van der Waals surface area contributed by atoms with Gasteiger partial charge in [0.25, 0.3) is 0 Å². The monoisotopic (exact) mass is 443 g/mol. The third kappa shape index (κ3) is 3.35. The molecule has 2 heterocycles. The highest BCUT2D eigenvalue weighted by Crippen LogP contribution is 2.71. The largest absolute Gasteiger partial charge is 0.490 e. The molecule has 3 aromatic rings. The molecule has 166 valence electrons. The summed E-state index contributed by atoms with van der Waals surface area (Å²) in [5.74, 6) is -1.95. The Bertz CT molecular complexity index is 1130. The van der Waals surface area contributed by atoms with Crippen molar-refractivity contribution >= 4 is 5.97 Å². The predicted molar refractivity (Wildman–Crippen MR) is 108 cm³/mol. The number of ether oxygens (including phenoxy) is 1. The van der Waals surface area contributed by atoms with E-state index in [4.69, 9.17) is 4.74 Å². The zero-order valence-electron chi connectivity index (χ0n) is 16.9. The van der Waals surface area contributed by atoms with Gasteiger partial charge in [-0.1, -0.05) is 42.5 Å². The zero-order chi connectivity index (χ0) is 22.4. The first kappa shape index (κ1) is 20.6. The van der Waals surface area contributed by atoms with Crippen LogP contribution in [0.15, 0.2) is 48.5 Å². The predicted octanol–water partition coefficient (Wildman–Crippen LogP) is 3.61. The first-order valence-electron chi connectivity index (χ1n) is 10.3. The van der Waals surface area contributed by atoms with Crippen molar-refractivity contribution in [2.75, 3.05) is 13.1 Å². The minimum absolute atomic E-state index is 0.233. The summed E-state index contributed by atoms with van der Waals surface area (Å²) in [5.41, 5.74) is 0.770. The standard InChI is InChI=1S/C22H20F3N5O2/c23-22(24,25)19(31)32-21(13-20(21)8-10-26-11-9-20)17-7-6-15(14-4-2-1-3-5-14)12-16(17)18-27-29-30-28-18/h1-7,12,26H,8-11,13H2,(H,27,28,29,30). The third-order valence-corrected chi connectivity index (χ3v) is 6.53. The number of hydrogen-bond acceptors (Lipinski definition) is 6. The van der Waals surface area contributed by atoms with Crippen LogP contribution in [0.1, 0.15) is 24.8 Å². The average molecular weight is 443 g/mol. The number of benzene rings is 2. The quantitative estimate of drug-likeness (QED) is 0.599. The summed E-state index contributed by atoms with van der Waals surface area (Å²) in [4.78, 5) is 12.0. The van der Waals surface area contributed by atoms with Gasteiger partial charge in [-0.05, 0) is 48.3 Å². The molecule has 0 amide bonds. The van der Waals surface area contributed by atoms with E-state index in [0.717, 1.165) is 11.1 Å². The maximum atomic E-state index is 13.2. The summed E-state index contributed by atoms with van der Waals surface area (Å²) in [7, 11) is 0. The van der Waals surface area contributed by atoms with Crippen molar-refractivity contribution in [2.45, 2.75) is 31.0 Å². The van der Waals surface area contributed by atoms with Crippen LogP contribution in [0.5, 0.6) is 0 Å². The SMILES string of the molecule is O=C(OC1(c2ccc(-c3ccccc3)cc2-c2nn[nH]n2)CC12CCNCC2)C(F)(F)F. The van der Waals surface area contributed by atoms with Gasteiger partial charge in [0.05, 0.1) is 0 Å². The van der Waals surface area contributed by atoms with E-state index in [9.17, 15) is 18.0 Å². The lowest BCUT2D eigenvalue weighted by molar-refractivity contribution is -0.210. The number of esters is 1. The maximum absolute atomic E-state index is 13.2. The van der Waals surface area contributed by atoms with E-state index in [0.29, 0.717) is 43.5 Å². The van der Waals surface area contributed by atoms with Gasteiger partial charge in [-0.2, -0.15) is 18.4 Å². The number of aromatic amines is 1. The zero-order valence-corrected chi connectivity index (χ0v) is 16.9. The number of piperidine rings is 1. The van der Waals surface area contributed by atoms with Crippen LogP contribution in [0.4, 0.5) is 13.2 Å². The van der Waals surface area contributed by atoms with Crippen LogP contribution < -0.4 is 5.32 Å². The molecule has 1 aromatic heterocycles. The number of rotatable bonds is 4. The molecule has 1 unspecified atom stereocenters. The topological polar surface area (TPSA) is 92.8 Å². The molecule has 1 saturated carbocycles. The Balaban J connectivity index is 1.65. The number of carbonyl (C=O) groups is 1. The molecule has 1 aliphatic heterocycles. The van der Waals surface area contributed by atoms with Gasteiger partial charge in [0.1, 0.15) is 5.60 Å². The molecule has 0 radical (unpaired) electrons. The minimum Gasteiger partial charge on any atom is -0.447 e. The lowest BCUT2D eigenvalue weighted by Gasteiger charge is -2.31. The number of nitrogens with one attached hydrogen (secondary N) is 2. The number of carbonyl (C=O) groups excluding carboxylic acids is 1. The van der Waals surface area contributed by atoms with E-state index in [1.54, 1.807) is 6.07 Å². The molecule has 1 spiro atoms. The Hall–Kier alpha value is -3.27. The van der Waals surface area contributed by atoms with Crippen LogP contribution in [0.3, 0.4) is 0 Å². The maximum Gasteiger partial charge on any atom is 0.490 e. The normalized spacial score (nSPS) is 22.0. The first-order chi connectivity index (χ1) is 15.3. The van der Waals surface area contributed by atoms with Crippen molar-refractivity contribution in [1.82, 2.24) is 25.9 Å². The lowest BCUT2D eigenvalue weighted by Crippen LogP contribution is -2.38. The smallest absolute Gasteiger partial charge is 0.447 e. The van der Waals surface area contributed by atoms with Crippen LogP contribution in [-0.4, -0.2) is 45.9 Å². The van der Waals surface area contributed by atoms with E-state index in [1.165, 1.54) is 0 Å². The molecule has 2 aromatic carbocycles. The highest BCUT2D eigenvalue weighted by Gasteiger charge is 2.72. The van der Waals surface area contributed by atoms with Gasteiger partial charge in [0, 0.05) is 23.0 Å². The summed E-state index contributed by atoms with van der Waals surface area (Å²) in [5, 5.41) is 17.4. The second-order valence-corrected chi connectivity index (χ2v) is 8.28. The minimum atomic E-state index is -5.08. The molecule has 5 rings (SSSR count). The number of halogens is 3.